The van der Waals surface area contributed by atoms with Crippen LogP contribution in [0.25, 0.3) is 0 Å². The van der Waals surface area contributed by atoms with Crippen molar-refractivity contribution in [2.45, 2.75) is 11.6 Å². The van der Waals surface area contributed by atoms with Crippen molar-refractivity contribution >= 4 is 10.1 Å². The Balaban J connectivity index is 1.86. The zero-order valence-electron chi connectivity index (χ0n) is 15.7. The van der Waals surface area contributed by atoms with E-state index in [4.69, 9.17) is 4.18 Å². The van der Waals surface area contributed by atoms with Gasteiger partial charge < -0.3 is 0 Å². The molecule has 0 spiro atoms. The average molecular weight is 394 g/mol. The van der Waals surface area contributed by atoms with Crippen molar-refractivity contribution in [3.63, 3.8) is 0 Å². The summed E-state index contributed by atoms with van der Waals surface area (Å²) in [5, 5.41) is 0. The first-order valence-electron chi connectivity index (χ1n) is 9.29. The van der Waals surface area contributed by atoms with Crippen molar-refractivity contribution in [2.24, 2.45) is 0 Å². The molecule has 1 aliphatic heterocycles. The van der Waals surface area contributed by atoms with Crippen molar-refractivity contribution in [3.8, 4) is 0 Å². The molecule has 28 heavy (non-hydrogen) atoms. The molecule has 4 nitrogen and oxygen atoms in total. The van der Waals surface area contributed by atoms with Crippen molar-refractivity contribution in [3.05, 3.63) is 108 Å². The first kappa shape index (κ1) is 18.9. The van der Waals surface area contributed by atoms with E-state index in [1.807, 2.05) is 54.6 Å². The van der Waals surface area contributed by atoms with E-state index in [1.165, 1.54) is 0 Å². The van der Waals surface area contributed by atoms with E-state index in [0.29, 0.717) is 0 Å². The smallest absolute Gasteiger partial charge is 0.264 e. The third kappa shape index (κ3) is 3.61. The summed E-state index contributed by atoms with van der Waals surface area (Å²) >= 11 is 0. The van der Waals surface area contributed by atoms with Crippen molar-refractivity contribution in [1.82, 2.24) is 4.90 Å². The van der Waals surface area contributed by atoms with Crippen LogP contribution in [-0.2, 0) is 19.8 Å². The second kappa shape index (κ2) is 7.51. The van der Waals surface area contributed by atoms with Gasteiger partial charge in [-0.05, 0) is 16.7 Å². The summed E-state index contributed by atoms with van der Waals surface area (Å²) < 4.78 is 28.1. The van der Waals surface area contributed by atoms with Crippen LogP contribution in [0.15, 0.2) is 91.0 Å². The van der Waals surface area contributed by atoms with Crippen molar-refractivity contribution in [1.29, 1.82) is 0 Å². The Morgan fingerprint density at radius 2 is 1.21 bits per heavy atom. The fraction of sp³-hybridized carbons (Fsp3) is 0.217. The summed E-state index contributed by atoms with van der Waals surface area (Å²) in [6, 6.07) is 31.1. The highest BCUT2D eigenvalue weighted by Crippen LogP contribution is 2.48. The van der Waals surface area contributed by atoms with Crippen LogP contribution in [-0.4, -0.2) is 38.8 Å². The molecule has 3 aromatic carbocycles. The Kier molecular flexibility index (Phi) is 5.06. The predicted octanol–water partition coefficient (Wildman–Crippen LogP) is 3.64. The van der Waals surface area contributed by atoms with Crippen LogP contribution in [0.4, 0.5) is 0 Å². The van der Waals surface area contributed by atoms with Crippen LogP contribution in [0.3, 0.4) is 0 Å². The summed E-state index contributed by atoms with van der Waals surface area (Å²) in [6.45, 7) is 0.918. The lowest BCUT2D eigenvalue weighted by atomic mass is 9.76. The molecule has 1 fully saturated rings. The van der Waals surface area contributed by atoms with Gasteiger partial charge >= 0.3 is 0 Å². The van der Waals surface area contributed by atoms with Crippen LogP contribution < -0.4 is 0 Å². The molecule has 0 aromatic heterocycles. The van der Waals surface area contributed by atoms with E-state index < -0.39 is 15.7 Å². The van der Waals surface area contributed by atoms with Crippen LogP contribution >= 0.6 is 0 Å². The third-order valence-electron chi connectivity index (χ3n) is 5.19. The molecule has 2 unspecified atom stereocenters. The summed E-state index contributed by atoms with van der Waals surface area (Å²) in [7, 11) is -3.47. The Hall–Kier alpha value is -2.47. The first-order valence-corrected chi connectivity index (χ1v) is 11.1. The Bertz CT molecular complexity index is 925. The number of hydrogen-bond acceptors (Lipinski definition) is 4. The van der Waals surface area contributed by atoms with Gasteiger partial charge in [-0.3, -0.25) is 9.08 Å². The highest BCUT2D eigenvalue weighted by atomic mass is 32.2. The molecule has 0 amide bonds. The average Bonchev–Trinajstić information content (AvgIpc) is 3.49. The van der Waals surface area contributed by atoms with Crippen LogP contribution in [0.5, 0.6) is 0 Å². The van der Waals surface area contributed by atoms with E-state index in [-0.39, 0.29) is 12.6 Å². The molecule has 2 atom stereocenters. The standard InChI is InChI=1S/C23H23NO3S/c1-28(25,26)27-18-22-17-24(22)23(19-11-5-2-6-12-19,20-13-7-3-8-14-20)21-15-9-4-10-16-21/h2-16,22H,17-18H2,1H3. The molecule has 0 N–H and O–H groups in total. The van der Waals surface area contributed by atoms with Gasteiger partial charge in [0.2, 0.25) is 0 Å². The van der Waals surface area contributed by atoms with Crippen molar-refractivity contribution < 1.29 is 12.6 Å². The van der Waals surface area contributed by atoms with Crippen LogP contribution in [0, 0.1) is 0 Å². The molecular formula is C23H23NO3S. The lowest BCUT2D eigenvalue weighted by Crippen LogP contribution is -2.39. The van der Waals surface area contributed by atoms with E-state index in [2.05, 4.69) is 41.3 Å². The van der Waals surface area contributed by atoms with Gasteiger partial charge in [-0.1, -0.05) is 91.0 Å². The zero-order valence-corrected chi connectivity index (χ0v) is 16.5. The predicted molar refractivity (Wildman–Crippen MR) is 110 cm³/mol. The molecule has 0 aliphatic carbocycles. The Morgan fingerprint density at radius 3 is 1.57 bits per heavy atom. The van der Waals surface area contributed by atoms with Crippen molar-refractivity contribution in [2.75, 3.05) is 19.4 Å². The SMILES string of the molecule is CS(=O)(=O)OCC1CN1C(c1ccccc1)(c1ccccc1)c1ccccc1. The Labute approximate surface area is 166 Å². The van der Waals surface area contributed by atoms with Crippen LogP contribution in [0.2, 0.25) is 0 Å². The molecule has 1 aliphatic rings. The monoisotopic (exact) mass is 393 g/mol. The Morgan fingerprint density at radius 1 is 0.821 bits per heavy atom. The van der Waals surface area contributed by atoms with Gasteiger partial charge in [0.05, 0.1) is 18.4 Å². The molecule has 0 radical (unpaired) electrons. The largest absolute Gasteiger partial charge is 0.278 e. The zero-order chi connectivity index (χ0) is 19.6. The number of nitrogens with zero attached hydrogens (tertiary/aromatic N) is 1. The maximum absolute atomic E-state index is 11.5. The fourth-order valence-electron chi connectivity index (χ4n) is 3.97. The van der Waals surface area contributed by atoms with E-state index in [9.17, 15) is 8.42 Å². The number of benzene rings is 3. The van der Waals surface area contributed by atoms with Gasteiger partial charge in [-0.25, -0.2) is 0 Å². The third-order valence-corrected chi connectivity index (χ3v) is 5.76. The molecule has 1 heterocycles. The van der Waals surface area contributed by atoms with Gasteiger partial charge in [0.25, 0.3) is 10.1 Å². The van der Waals surface area contributed by atoms with Gasteiger partial charge in [-0.2, -0.15) is 8.42 Å². The summed E-state index contributed by atoms with van der Waals surface area (Å²) in [5.41, 5.74) is 2.94. The number of rotatable bonds is 7. The molecule has 4 rings (SSSR count). The minimum absolute atomic E-state index is 0.0235. The molecule has 5 heteroatoms. The van der Waals surface area contributed by atoms with Gasteiger partial charge in [0.15, 0.2) is 0 Å². The normalized spacial score (nSPS) is 19.3. The molecule has 1 saturated heterocycles. The second-order valence-corrected chi connectivity index (χ2v) is 8.75. The topological polar surface area (TPSA) is 46.4 Å². The molecule has 0 bridgehead atoms. The summed E-state index contributed by atoms with van der Waals surface area (Å²) in [5.74, 6) is 0. The minimum atomic E-state index is -3.47. The van der Waals surface area contributed by atoms with Gasteiger partial charge in [-0.15, -0.1) is 0 Å². The maximum Gasteiger partial charge on any atom is 0.264 e. The molecule has 0 saturated carbocycles. The van der Waals surface area contributed by atoms with Gasteiger partial charge in [0, 0.05) is 12.6 Å². The lowest BCUT2D eigenvalue weighted by molar-refractivity contribution is 0.256. The summed E-state index contributed by atoms with van der Waals surface area (Å²) in [6.07, 6.45) is 1.10. The second-order valence-electron chi connectivity index (χ2n) is 7.10. The first-order chi connectivity index (χ1) is 13.5. The number of hydrogen-bond donors (Lipinski definition) is 0. The quantitative estimate of drug-likeness (QED) is 0.349. The molecule has 144 valence electrons. The summed E-state index contributed by atoms with van der Waals surface area (Å²) in [4.78, 5) is 2.32. The maximum atomic E-state index is 11.5. The van der Waals surface area contributed by atoms with E-state index >= 15 is 0 Å². The fourth-order valence-corrected chi connectivity index (χ4v) is 4.38. The van der Waals surface area contributed by atoms with E-state index in [0.717, 1.165) is 29.5 Å². The van der Waals surface area contributed by atoms with Gasteiger partial charge in [0.1, 0.15) is 0 Å². The molecular weight excluding hydrogens is 370 g/mol. The minimum Gasteiger partial charge on any atom is -0.278 e. The molecule has 3 aromatic rings. The van der Waals surface area contributed by atoms with Crippen LogP contribution in [0.1, 0.15) is 16.7 Å². The lowest BCUT2D eigenvalue weighted by Gasteiger charge is -2.38. The van der Waals surface area contributed by atoms with E-state index in [1.54, 1.807) is 0 Å². The highest BCUT2D eigenvalue weighted by Gasteiger charge is 2.53. The highest BCUT2D eigenvalue weighted by molar-refractivity contribution is 7.85.